The van der Waals surface area contributed by atoms with Crippen molar-refractivity contribution in [1.82, 2.24) is 14.3 Å². The molecule has 0 radical (unpaired) electrons. The van der Waals surface area contributed by atoms with Crippen molar-refractivity contribution in [2.24, 2.45) is 0 Å². The van der Waals surface area contributed by atoms with E-state index >= 15 is 0 Å². The highest BCUT2D eigenvalue weighted by atomic mass is 32.2. The number of aromatic nitrogens is 2. The van der Waals surface area contributed by atoms with Crippen LogP contribution in [-0.4, -0.2) is 59.9 Å². The Kier molecular flexibility index (Phi) is 14.1. The molecule has 0 bridgehead atoms. The summed E-state index contributed by atoms with van der Waals surface area (Å²) in [5, 5.41) is 0. The van der Waals surface area contributed by atoms with E-state index in [-0.39, 0.29) is 0 Å². The Hall–Kier alpha value is -1.46. The van der Waals surface area contributed by atoms with Gasteiger partial charge in [0.25, 0.3) is 0 Å². The van der Waals surface area contributed by atoms with Gasteiger partial charge in [0.05, 0.1) is 6.33 Å². The van der Waals surface area contributed by atoms with Gasteiger partial charge in [-0.2, -0.15) is 26.3 Å². The first-order valence-electron chi connectivity index (χ1n) is 8.06. The van der Waals surface area contributed by atoms with Crippen LogP contribution in [0.15, 0.2) is 25.3 Å². The Bertz CT molecular complexity index is 671. The van der Waals surface area contributed by atoms with Crippen molar-refractivity contribution in [3.05, 3.63) is 25.3 Å². The van der Waals surface area contributed by atoms with Crippen molar-refractivity contribution in [3.8, 4) is 0 Å². The Morgan fingerprint density at radius 1 is 1.13 bits per heavy atom. The van der Waals surface area contributed by atoms with Crippen LogP contribution < -0.4 is 4.72 Å². The molecule has 0 saturated carbocycles. The maximum absolute atomic E-state index is 11.2. The predicted octanol–water partition coefficient (Wildman–Crippen LogP) is 3.59. The molecule has 8 nitrogen and oxygen atoms in total. The number of rotatable bonds is 8. The molecule has 0 spiro atoms. The normalized spacial score (nSPS) is 12.3. The van der Waals surface area contributed by atoms with Crippen LogP contribution in [0, 0.1) is 0 Å². The molecule has 0 aliphatic rings. The predicted molar refractivity (Wildman–Crippen MR) is 99.3 cm³/mol. The zero-order valence-corrected chi connectivity index (χ0v) is 18.6. The lowest BCUT2D eigenvalue weighted by Crippen LogP contribution is -2.44. The molecule has 1 N–H and O–H groups in total. The maximum atomic E-state index is 11.2. The second-order valence-corrected chi connectivity index (χ2v) is 9.91. The lowest BCUT2D eigenvalue weighted by Gasteiger charge is -2.23. The summed E-state index contributed by atoms with van der Waals surface area (Å²) in [6.45, 7) is 5.67. The fraction of sp³-hybridized carbons (Fsp3) is 0.643. The van der Waals surface area contributed by atoms with Crippen LogP contribution >= 0.6 is 0 Å². The molecule has 1 heterocycles. The van der Waals surface area contributed by atoms with Crippen molar-refractivity contribution < 1.29 is 48.0 Å². The standard InChI is InChI=1S/C7H18O3Si.C5H6N2.C2HF6NO2S/c1-5-6-7-11(8-2,9-3)10-4;1-2-7-4-3-6-5-7;3-1(4,5)9-12(10,11)2(6,7)8/h5-7H2,1-4H3;2-5H,1H2;9H. The third-order valence-electron chi connectivity index (χ3n) is 3.06. The lowest BCUT2D eigenvalue weighted by molar-refractivity contribution is -0.143. The second-order valence-electron chi connectivity index (χ2n) is 5.14. The summed E-state index contributed by atoms with van der Waals surface area (Å²) in [7, 11) is -3.63. The van der Waals surface area contributed by atoms with E-state index < -0.39 is 35.4 Å². The van der Waals surface area contributed by atoms with Gasteiger partial charge in [0.15, 0.2) is 0 Å². The van der Waals surface area contributed by atoms with E-state index in [2.05, 4.69) is 18.5 Å². The van der Waals surface area contributed by atoms with Crippen molar-refractivity contribution in [1.29, 1.82) is 0 Å². The van der Waals surface area contributed by atoms with Gasteiger partial charge in [-0.05, 0) is 6.42 Å². The molecule has 0 fully saturated rings. The van der Waals surface area contributed by atoms with Gasteiger partial charge >= 0.3 is 30.6 Å². The summed E-state index contributed by atoms with van der Waals surface area (Å²) < 4.78 is 103. The van der Waals surface area contributed by atoms with Crippen LogP contribution in [0.5, 0.6) is 0 Å². The Labute approximate surface area is 172 Å². The Morgan fingerprint density at radius 2 is 1.63 bits per heavy atom. The molecule has 0 atom stereocenters. The number of sulfonamides is 1. The van der Waals surface area contributed by atoms with Gasteiger partial charge in [-0.1, -0.05) is 19.9 Å². The van der Waals surface area contributed by atoms with Gasteiger partial charge in [-0.15, -0.1) is 4.72 Å². The fourth-order valence-electron chi connectivity index (χ4n) is 1.54. The van der Waals surface area contributed by atoms with Gasteiger partial charge in [0.2, 0.25) is 0 Å². The van der Waals surface area contributed by atoms with Crippen molar-refractivity contribution in [3.63, 3.8) is 0 Å². The first kappa shape index (κ1) is 30.7. The van der Waals surface area contributed by atoms with Crippen LogP contribution in [-0.2, 0) is 23.3 Å². The van der Waals surface area contributed by atoms with Gasteiger partial charge in [0.1, 0.15) is 0 Å². The highest BCUT2D eigenvalue weighted by Crippen LogP contribution is 2.25. The number of hydrogen-bond donors (Lipinski definition) is 1. The molecule has 1 aromatic rings. The van der Waals surface area contributed by atoms with E-state index in [0.29, 0.717) is 0 Å². The molecule has 0 amide bonds. The number of nitrogens with zero attached hydrogens (tertiary/aromatic N) is 2. The molecular formula is C14H25F6N3O5SSi. The van der Waals surface area contributed by atoms with Crippen LogP contribution in [0.4, 0.5) is 26.3 Å². The minimum Gasteiger partial charge on any atom is -0.377 e. The van der Waals surface area contributed by atoms with E-state index in [0.717, 1.165) is 18.9 Å². The second kappa shape index (κ2) is 13.8. The van der Waals surface area contributed by atoms with Gasteiger partial charge in [0, 0.05) is 46.0 Å². The number of nitrogens with one attached hydrogen (secondary N) is 1. The van der Waals surface area contributed by atoms with E-state index in [1.807, 2.05) is 6.20 Å². The fourth-order valence-corrected chi connectivity index (χ4v) is 3.86. The number of imidazole rings is 1. The highest BCUT2D eigenvalue weighted by Gasteiger charge is 2.51. The maximum Gasteiger partial charge on any atom is 0.511 e. The summed E-state index contributed by atoms with van der Waals surface area (Å²) in [6, 6.07) is 0.910. The third-order valence-corrected chi connectivity index (χ3v) is 7.00. The Morgan fingerprint density at radius 3 is 1.83 bits per heavy atom. The average molecular weight is 490 g/mol. The molecule has 0 aliphatic carbocycles. The number of alkyl halides is 6. The van der Waals surface area contributed by atoms with Crippen molar-refractivity contribution in [2.45, 2.75) is 37.6 Å². The molecule has 0 saturated heterocycles. The summed E-state index contributed by atoms with van der Waals surface area (Å²) in [5.74, 6) is 0. The summed E-state index contributed by atoms with van der Waals surface area (Å²) in [5.41, 5.74) is -5.96. The molecule has 178 valence electrons. The Balaban J connectivity index is 0. The minimum absolute atomic E-state index is 0.517. The van der Waals surface area contributed by atoms with Crippen LogP contribution in [0.3, 0.4) is 0 Å². The van der Waals surface area contributed by atoms with E-state index in [1.54, 1.807) is 44.6 Å². The number of hydrogen-bond acceptors (Lipinski definition) is 6. The zero-order valence-electron chi connectivity index (χ0n) is 16.7. The van der Waals surface area contributed by atoms with Gasteiger partial charge in [-0.3, -0.25) is 0 Å². The molecule has 16 heteroatoms. The topological polar surface area (TPSA) is 91.7 Å². The molecule has 0 aromatic carbocycles. The van der Waals surface area contributed by atoms with Crippen LogP contribution in [0.1, 0.15) is 19.8 Å². The minimum atomic E-state index is -6.33. The van der Waals surface area contributed by atoms with E-state index in [1.165, 1.54) is 0 Å². The summed E-state index contributed by atoms with van der Waals surface area (Å²) in [6.07, 6.45) is 3.54. The molecule has 1 rings (SSSR count). The SMILES string of the molecule is C=Cn1ccnc1.CCCC[Si](OC)(OC)OC.O=S(=O)(NC(F)(F)F)C(F)(F)F. The summed E-state index contributed by atoms with van der Waals surface area (Å²) >= 11 is 0. The highest BCUT2D eigenvalue weighted by molar-refractivity contribution is 7.90. The largest absolute Gasteiger partial charge is 0.511 e. The molecule has 1 aromatic heterocycles. The monoisotopic (exact) mass is 489 g/mol. The van der Waals surface area contributed by atoms with Crippen molar-refractivity contribution in [2.75, 3.05) is 21.3 Å². The van der Waals surface area contributed by atoms with E-state index in [4.69, 9.17) is 13.3 Å². The smallest absolute Gasteiger partial charge is 0.377 e. The quantitative estimate of drug-likeness (QED) is 0.341. The van der Waals surface area contributed by atoms with Crippen LogP contribution in [0.25, 0.3) is 6.20 Å². The van der Waals surface area contributed by atoms with Crippen molar-refractivity contribution >= 4 is 25.0 Å². The molecule has 30 heavy (non-hydrogen) atoms. The number of unbranched alkanes of at least 4 members (excludes halogenated alkanes) is 1. The van der Waals surface area contributed by atoms with Gasteiger partial charge in [-0.25, -0.2) is 13.4 Å². The lowest BCUT2D eigenvalue weighted by atomic mass is 10.4. The molecule has 0 aliphatic heterocycles. The van der Waals surface area contributed by atoms with E-state index in [9.17, 15) is 34.8 Å². The van der Waals surface area contributed by atoms with Gasteiger partial charge < -0.3 is 17.8 Å². The molecular weight excluding hydrogens is 464 g/mol. The van der Waals surface area contributed by atoms with Crippen LogP contribution in [0.2, 0.25) is 6.04 Å². The molecule has 0 unspecified atom stereocenters. The summed E-state index contributed by atoms with van der Waals surface area (Å²) in [4.78, 5) is 3.78. The number of halogens is 6. The first-order valence-corrected chi connectivity index (χ1v) is 11.5. The first-order chi connectivity index (χ1) is 13.6. The third kappa shape index (κ3) is 13.0. The zero-order chi connectivity index (χ0) is 24.1. The average Bonchev–Trinajstić information content (AvgIpc) is 3.15.